The number of halogens is 1. The van der Waals surface area contributed by atoms with Crippen molar-refractivity contribution in [2.75, 3.05) is 6.54 Å². The average Bonchev–Trinajstić information content (AvgIpc) is 2.28. The third-order valence-corrected chi connectivity index (χ3v) is 2.32. The maximum absolute atomic E-state index is 11.6. The van der Waals surface area contributed by atoms with Gasteiger partial charge < -0.3 is 4.90 Å². The Hall–Kier alpha value is -1.35. The monoisotopic (exact) mass is 279 g/mol. The molecule has 0 saturated heterocycles. The highest BCUT2D eigenvalue weighted by Gasteiger charge is 2.10. The predicted octanol–water partition coefficient (Wildman–Crippen LogP) is 3.11. The van der Waals surface area contributed by atoms with Crippen LogP contribution in [0.4, 0.5) is 0 Å². The van der Waals surface area contributed by atoms with Gasteiger partial charge in [0.05, 0.1) is 6.54 Å². The molecule has 1 aromatic rings. The van der Waals surface area contributed by atoms with Crippen LogP contribution >= 0.6 is 15.9 Å². The lowest BCUT2D eigenvalue weighted by atomic mass is 10.2. The number of carbonyl (C=O) groups excluding carboxylic acids is 1. The highest BCUT2D eigenvalue weighted by atomic mass is 79.9. The topological polar surface area (TPSA) is 20.3 Å². The number of hydrogen-bond donors (Lipinski definition) is 0. The van der Waals surface area contributed by atoms with E-state index in [-0.39, 0.29) is 5.91 Å². The Kier molecular flexibility index (Phi) is 4.99. The van der Waals surface area contributed by atoms with E-state index in [9.17, 15) is 4.79 Å². The number of benzene rings is 1. The van der Waals surface area contributed by atoms with Crippen LogP contribution < -0.4 is 0 Å². The Labute approximate surface area is 104 Å². The molecule has 3 heteroatoms. The summed E-state index contributed by atoms with van der Waals surface area (Å²) < 4.78 is 0.777. The van der Waals surface area contributed by atoms with Gasteiger partial charge in [0, 0.05) is 11.0 Å². The van der Waals surface area contributed by atoms with Crippen LogP contribution in [0.25, 0.3) is 0 Å². The molecule has 0 bridgehead atoms. The van der Waals surface area contributed by atoms with Crippen LogP contribution in [0.15, 0.2) is 54.0 Å². The molecule has 0 radical (unpaired) electrons. The first-order chi connectivity index (χ1) is 7.63. The van der Waals surface area contributed by atoms with E-state index in [2.05, 4.69) is 29.1 Å². The smallest absolute Gasteiger partial charge is 0.246 e. The van der Waals surface area contributed by atoms with Gasteiger partial charge in [-0.3, -0.25) is 4.79 Å². The second-order valence-electron chi connectivity index (χ2n) is 3.40. The first-order valence-electron chi connectivity index (χ1n) is 4.92. The standard InChI is InChI=1S/C13H14BrNO/c1-3-13(16)15(9-11(2)14)10-12-7-5-4-6-8-12/h3-8H,1-2,9-10H2. The lowest BCUT2D eigenvalue weighted by molar-refractivity contribution is -0.126. The fourth-order valence-electron chi connectivity index (χ4n) is 1.35. The summed E-state index contributed by atoms with van der Waals surface area (Å²) in [7, 11) is 0. The summed E-state index contributed by atoms with van der Waals surface area (Å²) in [6.07, 6.45) is 1.32. The van der Waals surface area contributed by atoms with Crippen molar-refractivity contribution < 1.29 is 4.79 Å². The summed E-state index contributed by atoms with van der Waals surface area (Å²) in [5.74, 6) is -0.0931. The molecular weight excluding hydrogens is 266 g/mol. The number of hydrogen-bond acceptors (Lipinski definition) is 1. The summed E-state index contributed by atoms with van der Waals surface area (Å²) in [6, 6.07) is 9.83. The van der Waals surface area contributed by atoms with Gasteiger partial charge in [-0.1, -0.05) is 59.4 Å². The minimum Gasteiger partial charge on any atom is -0.330 e. The van der Waals surface area contributed by atoms with Gasteiger partial charge >= 0.3 is 0 Å². The van der Waals surface area contributed by atoms with Crippen molar-refractivity contribution in [2.45, 2.75) is 6.54 Å². The molecule has 0 fully saturated rings. The van der Waals surface area contributed by atoms with Gasteiger partial charge in [0.1, 0.15) is 0 Å². The fraction of sp³-hybridized carbons (Fsp3) is 0.154. The Balaban J connectivity index is 2.74. The van der Waals surface area contributed by atoms with Crippen molar-refractivity contribution in [3.8, 4) is 0 Å². The minimum absolute atomic E-state index is 0.0931. The van der Waals surface area contributed by atoms with Crippen molar-refractivity contribution in [3.05, 3.63) is 59.6 Å². The van der Waals surface area contributed by atoms with Crippen molar-refractivity contribution in [1.82, 2.24) is 4.90 Å². The van der Waals surface area contributed by atoms with Crippen molar-refractivity contribution in [2.24, 2.45) is 0 Å². The second-order valence-corrected chi connectivity index (χ2v) is 4.52. The highest BCUT2D eigenvalue weighted by molar-refractivity contribution is 9.11. The van der Waals surface area contributed by atoms with E-state index in [4.69, 9.17) is 0 Å². The van der Waals surface area contributed by atoms with E-state index in [1.165, 1.54) is 6.08 Å². The average molecular weight is 280 g/mol. The normalized spacial score (nSPS) is 9.56. The lowest BCUT2D eigenvalue weighted by Crippen LogP contribution is -2.29. The number of carbonyl (C=O) groups is 1. The Morgan fingerprint density at radius 3 is 2.50 bits per heavy atom. The number of nitrogens with zero attached hydrogens (tertiary/aromatic N) is 1. The predicted molar refractivity (Wildman–Crippen MR) is 70.1 cm³/mol. The molecule has 1 amide bonds. The van der Waals surface area contributed by atoms with Gasteiger partial charge in [0.15, 0.2) is 0 Å². The van der Waals surface area contributed by atoms with Crippen LogP contribution in [-0.4, -0.2) is 17.4 Å². The summed E-state index contributed by atoms with van der Waals surface area (Å²) in [6.45, 7) is 8.29. The van der Waals surface area contributed by atoms with Crippen LogP contribution in [0.2, 0.25) is 0 Å². The first kappa shape index (κ1) is 12.7. The summed E-state index contributed by atoms with van der Waals surface area (Å²) in [5.41, 5.74) is 1.09. The first-order valence-corrected chi connectivity index (χ1v) is 5.71. The molecule has 0 aliphatic carbocycles. The fourth-order valence-corrected chi connectivity index (χ4v) is 1.65. The van der Waals surface area contributed by atoms with Gasteiger partial charge in [-0.2, -0.15) is 0 Å². The maximum Gasteiger partial charge on any atom is 0.246 e. The Morgan fingerprint density at radius 2 is 2.00 bits per heavy atom. The molecule has 16 heavy (non-hydrogen) atoms. The SMILES string of the molecule is C=CC(=O)N(CC(=C)Br)Cc1ccccc1. The molecule has 2 nitrogen and oxygen atoms in total. The third kappa shape index (κ3) is 4.03. The zero-order valence-corrected chi connectivity index (χ0v) is 10.6. The second kappa shape index (κ2) is 6.28. The van der Waals surface area contributed by atoms with Crippen LogP contribution in [0.3, 0.4) is 0 Å². The Morgan fingerprint density at radius 1 is 1.38 bits per heavy atom. The van der Waals surface area contributed by atoms with Crippen LogP contribution in [0.5, 0.6) is 0 Å². The third-order valence-electron chi connectivity index (χ3n) is 2.06. The van der Waals surface area contributed by atoms with E-state index < -0.39 is 0 Å². The molecule has 0 heterocycles. The summed E-state index contributed by atoms with van der Waals surface area (Å²) in [4.78, 5) is 13.3. The molecule has 1 aromatic carbocycles. The van der Waals surface area contributed by atoms with Gasteiger partial charge in [0.2, 0.25) is 5.91 Å². The zero-order chi connectivity index (χ0) is 12.0. The molecular formula is C13H14BrNO. The molecule has 1 rings (SSSR count). The zero-order valence-electron chi connectivity index (χ0n) is 9.03. The van der Waals surface area contributed by atoms with E-state index in [0.717, 1.165) is 10.0 Å². The largest absolute Gasteiger partial charge is 0.330 e. The van der Waals surface area contributed by atoms with E-state index in [1.54, 1.807) is 4.90 Å². The molecule has 0 unspecified atom stereocenters. The van der Waals surface area contributed by atoms with Crippen molar-refractivity contribution in [1.29, 1.82) is 0 Å². The Bertz CT molecular complexity index is 386. The molecule has 0 aliphatic heterocycles. The molecule has 0 aromatic heterocycles. The van der Waals surface area contributed by atoms with E-state index >= 15 is 0 Å². The molecule has 0 saturated carbocycles. The van der Waals surface area contributed by atoms with Crippen LogP contribution in [0.1, 0.15) is 5.56 Å². The highest BCUT2D eigenvalue weighted by Crippen LogP contribution is 2.10. The van der Waals surface area contributed by atoms with Crippen LogP contribution in [-0.2, 0) is 11.3 Å². The van der Waals surface area contributed by atoms with Gasteiger partial charge in [0.25, 0.3) is 0 Å². The van der Waals surface area contributed by atoms with Gasteiger partial charge in [-0.05, 0) is 11.6 Å². The summed E-state index contributed by atoms with van der Waals surface area (Å²) >= 11 is 3.26. The maximum atomic E-state index is 11.6. The number of amides is 1. The quantitative estimate of drug-likeness (QED) is 0.759. The van der Waals surface area contributed by atoms with Crippen molar-refractivity contribution in [3.63, 3.8) is 0 Å². The molecule has 0 atom stereocenters. The van der Waals surface area contributed by atoms with E-state index in [1.807, 2.05) is 30.3 Å². The minimum atomic E-state index is -0.0931. The van der Waals surface area contributed by atoms with E-state index in [0.29, 0.717) is 13.1 Å². The van der Waals surface area contributed by atoms with Gasteiger partial charge in [-0.15, -0.1) is 0 Å². The van der Waals surface area contributed by atoms with Crippen LogP contribution in [0, 0.1) is 0 Å². The molecule has 0 aliphatic rings. The number of rotatable bonds is 5. The van der Waals surface area contributed by atoms with Gasteiger partial charge in [-0.25, -0.2) is 0 Å². The summed E-state index contributed by atoms with van der Waals surface area (Å²) in [5, 5.41) is 0. The van der Waals surface area contributed by atoms with Crippen molar-refractivity contribution >= 4 is 21.8 Å². The molecule has 0 spiro atoms. The molecule has 84 valence electrons. The molecule has 0 N–H and O–H groups in total. The lowest BCUT2D eigenvalue weighted by Gasteiger charge is -2.20.